The Labute approximate surface area is 122 Å². The predicted octanol–water partition coefficient (Wildman–Crippen LogP) is 4.23. The maximum absolute atomic E-state index is 3.54. The SMILES string of the molecule is Cc1ccc(C(C)Nc2ccc(CN(C)C)cc2)cc1. The number of hydrogen-bond acceptors (Lipinski definition) is 2. The number of nitrogens with one attached hydrogen (secondary N) is 1. The van der Waals surface area contributed by atoms with Gasteiger partial charge in [0.1, 0.15) is 0 Å². The summed E-state index contributed by atoms with van der Waals surface area (Å²) in [6.45, 7) is 5.29. The molecule has 106 valence electrons. The Balaban J connectivity index is 2.00. The Hall–Kier alpha value is -1.80. The standard InChI is InChI=1S/C18H24N2/c1-14-5-9-17(10-6-14)15(2)19-18-11-7-16(8-12-18)13-20(3)4/h5-12,15,19H,13H2,1-4H3. The highest BCUT2D eigenvalue weighted by atomic mass is 15.0. The zero-order valence-electron chi connectivity index (χ0n) is 12.9. The second kappa shape index (κ2) is 6.58. The summed E-state index contributed by atoms with van der Waals surface area (Å²) in [5, 5.41) is 3.54. The van der Waals surface area contributed by atoms with Crippen molar-refractivity contribution in [2.45, 2.75) is 26.4 Å². The molecule has 1 N–H and O–H groups in total. The quantitative estimate of drug-likeness (QED) is 0.873. The van der Waals surface area contributed by atoms with Crippen LogP contribution in [0.25, 0.3) is 0 Å². The summed E-state index contributed by atoms with van der Waals surface area (Å²) in [5.74, 6) is 0. The lowest BCUT2D eigenvalue weighted by molar-refractivity contribution is 0.402. The molecule has 0 saturated carbocycles. The van der Waals surface area contributed by atoms with Crippen molar-refractivity contribution in [1.82, 2.24) is 4.90 Å². The largest absolute Gasteiger partial charge is 0.379 e. The van der Waals surface area contributed by atoms with Crippen LogP contribution in [0.3, 0.4) is 0 Å². The van der Waals surface area contributed by atoms with Crippen LogP contribution in [0.1, 0.15) is 29.7 Å². The second-order valence-corrected chi connectivity index (χ2v) is 5.71. The normalized spacial score (nSPS) is 12.4. The first-order chi connectivity index (χ1) is 9.54. The smallest absolute Gasteiger partial charge is 0.0485 e. The molecule has 1 unspecified atom stereocenters. The van der Waals surface area contributed by atoms with Crippen molar-refractivity contribution in [3.05, 3.63) is 65.2 Å². The van der Waals surface area contributed by atoms with Crippen molar-refractivity contribution in [3.8, 4) is 0 Å². The van der Waals surface area contributed by atoms with Crippen LogP contribution in [0, 0.1) is 6.92 Å². The molecule has 2 aromatic rings. The minimum absolute atomic E-state index is 0.315. The van der Waals surface area contributed by atoms with E-state index in [1.165, 1.54) is 22.4 Å². The molecule has 0 amide bonds. The Morgan fingerprint density at radius 2 is 1.55 bits per heavy atom. The third-order valence-electron chi connectivity index (χ3n) is 3.41. The number of aryl methyl sites for hydroxylation is 1. The number of anilines is 1. The van der Waals surface area contributed by atoms with Crippen LogP contribution in [0.4, 0.5) is 5.69 Å². The molecule has 0 spiro atoms. The molecule has 0 radical (unpaired) electrons. The average Bonchev–Trinajstić information content (AvgIpc) is 2.41. The van der Waals surface area contributed by atoms with Crippen molar-refractivity contribution in [3.63, 3.8) is 0 Å². The molecule has 0 heterocycles. The van der Waals surface area contributed by atoms with Gasteiger partial charge in [0, 0.05) is 18.3 Å². The summed E-state index contributed by atoms with van der Waals surface area (Å²) in [6.07, 6.45) is 0. The van der Waals surface area contributed by atoms with E-state index in [1.807, 2.05) is 0 Å². The summed E-state index contributed by atoms with van der Waals surface area (Å²) in [7, 11) is 4.18. The van der Waals surface area contributed by atoms with E-state index >= 15 is 0 Å². The predicted molar refractivity (Wildman–Crippen MR) is 87.0 cm³/mol. The van der Waals surface area contributed by atoms with Crippen molar-refractivity contribution < 1.29 is 0 Å². The second-order valence-electron chi connectivity index (χ2n) is 5.71. The molecule has 2 aromatic carbocycles. The van der Waals surface area contributed by atoms with Crippen molar-refractivity contribution in [1.29, 1.82) is 0 Å². The van der Waals surface area contributed by atoms with Gasteiger partial charge in [-0.1, -0.05) is 42.0 Å². The van der Waals surface area contributed by atoms with Gasteiger partial charge in [-0.25, -0.2) is 0 Å². The van der Waals surface area contributed by atoms with Crippen LogP contribution in [0.2, 0.25) is 0 Å². The van der Waals surface area contributed by atoms with Crippen LogP contribution in [0.15, 0.2) is 48.5 Å². The first-order valence-electron chi connectivity index (χ1n) is 7.11. The first-order valence-corrected chi connectivity index (χ1v) is 7.11. The highest BCUT2D eigenvalue weighted by Gasteiger charge is 2.05. The summed E-state index contributed by atoms with van der Waals surface area (Å²) < 4.78 is 0. The van der Waals surface area contributed by atoms with E-state index in [1.54, 1.807) is 0 Å². The molecule has 2 heteroatoms. The molecular formula is C18H24N2. The number of rotatable bonds is 5. The van der Waals surface area contributed by atoms with Gasteiger partial charge in [0.15, 0.2) is 0 Å². The molecule has 20 heavy (non-hydrogen) atoms. The summed E-state index contributed by atoms with van der Waals surface area (Å²) in [4.78, 5) is 2.18. The van der Waals surface area contributed by atoms with Gasteiger partial charge in [-0.05, 0) is 51.2 Å². The van der Waals surface area contributed by atoms with E-state index < -0.39 is 0 Å². The van der Waals surface area contributed by atoms with Crippen molar-refractivity contribution in [2.24, 2.45) is 0 Å². The fourth-order valence-electron chi connectivity index (χ4n) is 2.26. The van der Waals surface area contributed by atoms with Crippen LogP contribution >= 0.6 is 0 Å². The van der Waals surface area contributed by atoms with Gasteiger partial charge < -0.3 is 10.2 Å². The molecule has 0 aliphatic heterocycles. The number of benzene rings is 2. The number of hydrogen-bond donors (Lipinski definition) is 1. The monoisotopic (exact) mass is 268 g/mol. The van der Waals surface area contributed by atoms with E-state index in [0.29, 0.717) is 6.04 Å². The third kappa shape index (κ3) is 4.10. The van der Waals surface area contributed by atoms with Gasteiger partial charge >= 0.3 is 0 Å². The van der Waals surface area contributed by atoms with E-state index in [4.69, 9.17) is 0 Å². The highest BCUT2D eigenvalue weighted by Crippen LogP contribution is 2.20. The summed E-state index contributed by atoms with van der Waals surface area (Å²) in [6, 6.07) is 17.7. The molecule has 0 aliphatic carbocycles. The van der Waals surface area contributed by atoms with Crippen LogP contribution in [-0.4, -0.2) is 19.0 Å². The van der Waals surface area contributed by atoms with Gasteiger partial charge in [0.05, 0.1) is 0 Å². The lowest BCUT2D eigenvalue weighted by Gasteiger charge is -2.17. The minimum Gasteiger partial charge on any atom is -0.379 e. The molecule has 0 fully saturated rings. The van der Waals surface area contributed by atoms with Crippen molar-refractivity contribution >= 4 is 5.69 Å². The zero-order chi connectivity index (χ0) is 14.5. The average molecular weight is 268 g/mol. The molecule has 2 nitrogen and oxygen atoms in total. The van der Waals surface area contributed by atoms with E-state index in [0.717, 1.165) is 6.54 Å². The van der Waals surface area contributed by atoms with E-state index in [2.05, 4.69) is 86.7 Å². The summed E-state index contributed by atoms with van der Waals surface area (Å²) in [5.41, 5.74) is 5.12. The van der Waals surface area contributed by atoms with E-state index in [-0.39, 0.29) is 0 Å². The van der Waals surface area contributed by atoms with Gasteiger partial charge in [0.2, 0.25) is 0 Å². The van der Waals surface area contributed by atoms with Gasteiger partial charge in [0.25, 0.3) is 0 Å². The van der Waals surface area contributed by atoms with Gasteiger partial charge in [-0.15, -0.1) is 0 Å². The van der Waals surface area contributed by atoms with Crippen LogP contribution < -0.4 is 5.32 Å². The fourth-order valence-corrected chi connectivity index (χ4v) is 2.26. The summed E-state index contributed by atoms with van der Waals surface area (Å²) >= 11 is 0. The zero-order valence-corrected chi connectivity index (χ0v) is 12.9. The minimum atomic E-state index is 0.315. The third-order valence-corrected chi connectivity index (χ3v) is 3.41. The molecular weight excluding hydrogens is 244 g/mol. The van der Waals surface area contributed by atoms with E-state index in [9.17, 15) is 0 Å². The Kier molecular flexibility index (Phi) is 4.80. The molecule has 1 atom stereocenters. The lowest BCUT2D eigenvalue weighted by atomic mass is 10.1. The first kappa shape index (κ1) is 14.6. The van der Waals surface area contributed by atoms with Crippen molar-refractivity contribution in [2.75, 3.05) is 19.4 Å². The molecule has 0 aliphatic rings. The van der Waals surface area contributed by atoms with Crippen LogP contribution in [-0.2, 0) is 6.54 Å². The Morgan fingerprint density at radius 1 is 0.950 bits per heavy atom. The lowest BCUT2D eigenvalue weighted by Crippen LogP contribution is -2.11. The molecule has 2 rings (SSSR count). The van der Waals surface area contributed by atoms with Crippen LogP contribution in [0.5, 0.6) is 0 Å². The van der Waals surface area contributed by atoms with Gasteiger partial charge in [-0.2, -0.15) is 0 Å². The Bertz CT molecular complexity index is 526. The molecule has 0 bridgehead atoms. The number of nitrogens with zero attached hydrogens (tertiary/aromatic N) is 1. The van der Waals surface area contributed by atoms with Gasteiger partial charge in [-0.3, -0.25) is 0 Å². The Morgan fingerprint density at radius 3 is 2.10 bits per heavy atom. The fraction of sp³-hybridized carbons (Fsp3) is 0.333. The topological polar surface area (TPSA) is 15.3 Å². The maximum atomic E-state index is 3.54. The maximum Gasteiger partial charge on any atom is 0.0485 e. The highest BCUT2D eigenvalue weighted by molar-refractivity contribution is 5.46. The molecule has 0 saturated heterocycles. The molecule has 0 aromatic heterocycles.